The molecular weight excluding hydrogens is 212 g/mol. The van der Waals surface area contributed by atoms with Crippen molar-refractivity contribution in [3.8, 4) is 0 Å². The molecule has 3 heteroatoms. The van der Waals surface area contributed by atoms with Gasteiger partial charge in [0.25, 0.3) is 0 Å². The Hall–Kier alpha value is -0.900. The van der Waals surface area contributed by atoms with E-state index in [0.29, 0.717) is 6.54 Å². The third-order valence-electron chi connectivity index (χ3n) is 3.43. The van der Waals surface area contributed by atoms with Crippen molar-refractivity contribution < 1.29 is 4.74 Å². The molecule has 17 heavy (non-hydrogen) atoms. The lowest BCUT2D eigenvalue weighted by Gasteiger charge is -2.43. The summed E-state index contributed by atoms with van der Waals surface area (Å²) in [6.07, 6.45) is 0. The largest absolute Gasteiger partial charge is 0.380 e. The minimum Gasteiger partial charge on any atom is -0.380 e. The monoisotopic (exact) mass is 234 g/mol. The van der Waals surface area contributed by atoms with Gasteiger partial charge in [-0.15, -0.1) is 0 Å². The number of nitrogens with two attached hydrogens (primary N) is 1. The SMILES string of the molecule is Cc1ccc(CN(C)CC2(CN)COC2)cc1. The highest BCUT2D eigenvalue weighted by atomic mass is 16.5. The highest BCUT2D eigenvalue weighted by molar-refractivity contribution is 5.21. The van der Waals surface area contributed by atoms with Crippen molar-refractivity contribution >= 4 is 0 Å². The second-order valence-electron chi connectivity index (χ2n) is 5.35. The van der Waals surface area contributed by atoms with Gasteiger partial charge in [-0.2, -0.15) is 0 Å². The summed E-state index contributed by atoms with van der Waals surface area (Å²) in [6, 6.07) is 8.71. The molecule has 0 atom stereocenters. The van der Waals surface area contributed by atoms with Crippen LogP contribution in [0.5, 0.6) is 0 Å². The summed E-state index contributed by atoms with van der Waals surface area (Å²) in [4.78, 5) is 2.33. The molecule has 2 N–H and O–H groups in total. The Bertz CT molecular complexity index is 351. The minimum atomic E-state index is 0.194. The number of hydrogen-bond acceptors (Lipinski definition) is 3. The molecule has 0 spiro atoms. The zero-order valence-electron chi connectivity index (χ0n) is 10.8. The molecule has 1 aromatic carbocycles. The first kappa shape index (κ1) is 12.6. The van der Waals surface area contributed by atoms with Gasteiger partial charge in [-0.05, 0) is 19.5 Å². The fourth-order valence-corrected chi connectivity index (χ4v) is 2.30. The Morgan fingerprint density at radius 2 is 1.94 bits per heavy atom. The molecule has 0 bridgehead atoms. The van der Waals surface area contributed by atoms with Crippen LogP contribution >= 0.6 is 0 Å². The summed E-state index contributed by atoms with van der Waals surface area (Å²) in [5.41, 5.74) is 8.68. The molecule has 0 amide bonds. The van der Waals surface area contributed by atoms with Gasteiger partial charge in [0.15, 0.2) is 0 Å². The summed E-state index contributed by atoms with van der Waals surface area (Å²) in [6.45, 7) is 6.43. The van der Waals surface area contributed by atoms with Crippen LogP contribution in [0.1, 0.15) is 11.1 Å². The fourth-order valence-electron chi connectivity index (χ4n) is 2.30. The maximum Gasteiger partial charge on any atom is 0.0569 e. The number of hydrogen-bond donors (Lipinski definition) is 1. The molecule has 1 aliphatic rings. The predicted octanol–water partition coefficient (Wildman–Crippen LogP) is 1.40. The van der Waals surface area contributed by atoms with E-state index in [1.54, 1.807) is 0 Å². The molecule has 3 nitrogen and oxygen atoms in total. The second kappa shape index (κ2) is 5.17. The van der Waals surface area contributed by atoms with Crippen LogP contribution < -0.4 is 5.73 Å². The van der Waals surface area contributed by atoms with Crippen LogP contribution in [0.25, 0.3) is 0 Å². The summed E-state index contributed by atoms with van der Waals surface area (Å²) < 4.78 is 5.29. The van der Waals surface area contributed by atoms with Gasteiger partial charge in [-0.1, -0.05) is 29.8 Å². The van der Waals surface area contributed by atoms with Gasteiger partial charge in [0, 0.05) is 25.0 Å². The summed E-state index contributed by atoms with van der Waals surface area (Å²) in [5.74, 6) is 0. The van der Waals surface area contributed by atoms with E-state index in [9.17, 15) is 0 Å². The minimum absolute atomic E-state index is 0.194. The van der Waals surface area contributed by atoms with Crippen LogP contribution in [0.2, 0.25) is 0 Å². The van der Waals surface area contributed by atoms with Crippen molar-refractivity contribution in [1.82, 2.24) is 4.90 Å². The Labute approximate surface area is 104 Å². The molecule has 1 aromatic rings. The molecule has 1 saturated heterocycles. The Balaban J connectivity index is 1.88. The van der Waals surface area contributed by atoms with Crippen molar-refractivity contribution in [3.63, 3.8) is 0 Å². The van der Waals surface area contributed by atoms with E-state index in [1.807, 2.05) is 0 Å². The molecule has 0 saturated carbocycles. The van der Waals surface area contributed by atoms with Gasteiger partial charge in [0.05, 0.1) is 13.2 Å². The maximum absolute atomic E-state index is 5.82. The van der Waals surface area contributed by atoms with E-state index in [1.165, 1.54) is 11.1 Å². The van der Waals surface area contributed by atoms with Crippen molar-refractivity contribution in [2.24, 2.45) is 11.1 Å². The van der Waals surface area contributed by atoms with Crippen LogP contribution in [0.3, 0.4) is 0 Å². The Morgan fingerprint density at radius 3 is 2.41 bits per heavy atom. The van der Waals surface area contributed by atoms with Crippen LogP contribution in [0.15, 0.2) is 24.3 Å². The first-order valence-corrected chi connectivity index (χ1v) is 6.15. The average Bonchev–Trinajstić information content (AvgIpc) is 2.27. The molecule has 2 rings (SSSR count). The maximum atomic E-state index is 5.82. The van der Waals surface area contributed by atoms with E-state index in [0.717, 1.165) is 26.3 Å². The van der Waals surface area contributed by atoms with E-state index in [-0.39, 0.29) is 5.41 Å². The normalized spacial score (nSPS) is 18.1. The van der Waals surface area contributed by atoms with Gasteiger partial charge < -0.3 is 15.4 Å². The number of ether oxygens (including phenoxy) is 1. The highest BCUT2D eigenvalue weighted by Crippen LogP contribution is 2.27. The quantitative estimate of drug-likeness (QED) is 0.837. The summed E-state index contributed by atoms with van der Waals surface area (Å²) in [5, 5.41) is 0. The molecule has 1 heterocycles. The van der Waals surface area contributed by atoms with Crippen molar-refractivity contribution in [1.29, 1.82) is 0 Å². The molecule has 94 valence electrons. The molecule has 0 aliphatic carbocycles. The third-order valence-corrected chi connectivity index (χ3v) is 3.43. The zero-order chi connectivity index (χ0) is 12.3. The number of aryl methyl sites for hydroxylation is 1. The van der Waals surface area contributed by atoms with Crippen molar-refractivity contribution in [3.05, 3.63) is 35.4 Å². The van der Waals surface area contributed by atoms with Crippen LogP contribution in [-0.4, -0.2) is 38.3 Å². The van der Waals surface area contributed by atoms with Crippen molar-refractivity contribution in [2.45, 2.75) is 13.5 Å². The van der Waals surface area contributed by atoms with E-state index >= 15 is 0 Å². The first-order valence-electron chi connectivity index (χ1n) is 6.15. The molecule has 0 unspecified atom stereocenters. The van der Waals surface area contributed by atoms with Gasteiger partial charge in [0.2, 0.25) is 0 Å². The van der Waals surface area contributed by atoms with E-state index < -0.39 is 0 Å². The molecule has 0 radical (unpaired) electrons. The lowest BCUT2D eigenvalue weighted by molar-refractivity contribution is -0.118. The number of benzene rings is 1. The molecule has 0 aromatic heterocycles. The third kappa shape index (κ3) is 3.06. The van der Waals surface area contributed by atoms with Gasteiger partial charge in [-0.3, -0.25) is 0 Å². The van der Waals surface area contributed by atoms with Gasteiger partial charge in [-0.25, -0.2) is 0 Å². The van der Waals surface area contributed by atoms with E-state index in [2.05, 4.69) is 43.1 Å². The molecular formula is C14H22N2O. The highest BCUT2D eigenvalue weighted by Gasteiger charge is 2.38. The Morgan fingerprint density at radius 1 is 1.29 bits per heavy atom. The molecule has 1 fully saturated rings. The Kier molecular flexibility index (Phi) is 3.82. The van der Waals surface area contributed by atoms with Gasteiger partial charge >= 0.3 is 0 Å². The summed E-state index contributed by atoms with van der Waals surface area (Å²) in [7, 11) is 2.15. The predicted molar refractivity (Wildman–Crippen MR) is 69.8 cm³/mol. The van der Waals surface area contributed by atoms with Crippen LogP contribution in [0, 0.1) is 12.3 Å². The second-order valence-corrected chi connectivity index (χ2v) is 5.35. The standard InChI is InChI=1S/C14H22N2O/c1-12-3-5-13(6-4-12)7-16(2)9-14(8-15)10-17-11-14/h3-6H,7-11,15H2,1-2H3. The lowest BCUT2D eigenvalue weighted by Crippen LogP contribution is -2.54. The van der Waals surface area contributed by atoms with E-state index in [4.69, 9.17) is 10.5 Å². The zero-order valence-corrected chi connectivity index (χ0v) is 10.8. The summed E-state index contributed by atoms with van der Waals surface area (Å²) >= 11 is 0. The first-order chi connectivity index (χ1) is 8.13. The molecule has 1 aliphatic heterocycles. The number of nitrogens with zero attached hydrogens (tertiary/aromatic N) is 1. The lowest BCUT2D eigenvalue weighted by atomic mass is 9.85. The average molecular weight is 234 g/mol. The van der Waals surface area contributed by atoms with Crippen molar-refractivity contribution in [2.75, 3.05) is 33.4 Å². The fraction of sp³-hybridized carbons (Fsp3) is 0.571. The topological polar surface area (TPSA) is 38.5 Å². The smallest absolute Gasteiger partial charge is 0.0569 e. The van der Waals surface area contributed by atoms with Gasteiger partial charge in [0.1, 0.15) is 0 Å². The van der Waals surface area contributed by atoms with Crippen LogP contribution in [0.4, 0.5) is 0 Å². The van der Waals surface area contributed by atoms with Crippen LogP contribution in [-0.2, 0) is 11.3 Å². The number of rotatable bonds is 5.